The number of hydrogen-bond acceptors (Lipinski definition) is 11. The highest BCUT2D eigenvalue weighted by molar-refractivity contribution is 4.95. The van der Waals surface area contributed by atoms with Gasteiger partial charge >= 0.3 is 0 Å². The van der Waals surface area contributed by atoms with Gasteiger partial charge in [0.1, 0.15) is 36.6 Å². The number of nitrogens with two attached hydrogens (primary N) is 2. The van der Waals surface area contributed by atoms with Gasteiger partial charge in [-0.05, 0) is 0 Å². The Balaban J connectivity index is 2.11. The van der Waals surface area contributed by atoms with Crippen molar-refractivity contribution in [1.82, 2.24) is 0 Å². The van der Waals surface area contributed by atoms with Crippen molar-refractivity contribution in [3.63, 3.8) is 0 Å². The molecule has 2 rings (SSSR count). The summed E-state index contributed by atoms with van der Waals surface area (Å²) in [4.78, 5) is 0. The van der Waals surface area contributed by atoms with Crippen LogP contribution in [0.15, 0.2) is 0 Å². The highest BCUT2D eigenvalue weighted by Gasteiger charge is 2.49. The Morgan fingerprint density at radius 1 is 0.783 bits per heavy atom. The Bertz CT molecular complexity index is 386. The van der Waals surface area contributed by atoms with Gasteiger partial charge in [0.05, 0.1) is 25.3 Å². The monoisotopic (exact) mass is 340 g/mol. The van der Waals surface area contributed by atoms with Crippen molar-refractivity contribution >= 4 is 0 Å². The molecule has 0 amide bonds. The molecule has 0 aromatic heterocycles. The van der Waals surface area contributed by atoms with Crippen LogP contribution < -0.4 is 11.5 Å². The molecule has 0 aromatic carbocycles. The van der Waals surface area contributed by atoms with E-state index in [2.05, 4.69) is 0 Å². The molecule has 23 heavy (non-hydrogen) atoms. The van der Waals surface area contributed by atoms with Crippen molar-refractivity contribution in [1.29, 1.82) is 0 Å². The second-order valence-corrected chi connectivity index (χ2v) is 5.70. The molecule has 0 bridgehead atoms. The minimum atomic E-state index is -1.49. The summed E-state index contributed by atoms with van der Waals surface area (Å²) in [5.74, 6) is 0. The fourth-order valence-electron chi connectivity index (χ4n) is 2.65. The van der Waals surface area contributed by atoms with Crippen molar-refractivity contribution in [2.75, 3.05) is 13.2 Å². The van der Waals surface area contributed by atoms with Crippen molar-refractivity contribution in [2.24, 2.45) is 11.5 Å². The zero-order valence-corrected chi connectivity index (χ0v) is 12.3. The third-order valence-electron chi connectivity index (χ3n) is 4.14. The van der Waals surface area contributed by atoms with Gasteiger partial charge in [0.2, 0.25) is 0 Å². The Morgan fingerprint density at radius 2 is 1.39 bits per heavy atom. The third-order valence-corrected chi connectivity index (χ3v) is 4.14. The van der Waals surface area contributed by atoms with Crippen molar-refractivity contribution in [3.05, 3.63) is 0 Å². The van der Waals surface area contributed by atoms with Gasteiger partial charge < -0.3 is 56.3 Å². The topological polar surface area (TPSA) is 201 Å². The highest BCUT2D eigenvalue weighted by Crippen LogP contribution is 2.27. The Hall–Kier alpha value is -0.440. The predicted molar refractivity (Wildman–Crippen MR) is 72.6 cm³/mol. The second-order valence-electron chi connectivity index (χ2n) is 5.70. The van der Waals surface area contributed by atoms with E-state index in [0.717, 1.165) is 0 Å². The summed E-state index contributed by atoms with van der Waals surface area (Å²) in [7, 11) is 0. The van der Waals surface area contributed by atoms with Crippen molar-refractivity contribution in [3.8, 4) is 0 Å². The smallest absolute Gasteiger partial charge is 0.176 e. The molecule has 2 heterocycles. The summed E-state index contributed by atoms with van der Waals surface area (Å²) in [6, 6.07) is -2.37. The van der Waals surface area contributed by atoms with Gasteiger partial charge in [-0.1, -0.05) is 0 Å². The van der Waals surface area contributed by atoms with E-state index in [1.807, 2.05) is 0 Å². The van der Waals surface area contributed by atoms with Crippen LogP contribution in [-0.2, 0) is 14.2 Å². The minimum absolute atomic E-state index is 0.581. The summed E-state index contributed by atoms with van der Waals surface area (Å²) < 4.78 is 15.8. The maximum Gasteiger partial charge on any atom is 0.176 e. The van der Waals surface area contributed by atoms with Crippen LogP contribution in [0.3, 0.4) is 0 Å². The Labute approximate surface area is 132 Å². The maximum atomic E-state index is 10.1. The largest absolute Gasteiger partial charge is 0.394 e. The first kappa shape index (κ1) is 18.9. The molecule has 0 saturated carbocycles. The van der Waals surface area contributed by atoms with Gasteiger partial charge in [0.15, 0.2) is 12.6 Å². The van der Waals surface area contributed by atoms with Crippen LogP contribution in [0.5, 0.6) is 0 Å². The summed E-state index contributed by atoms with van der Waals surface area (Å²) in [5.41, 5.74) is 11.3. The van der Waals surface area contributed by atoms with Gasteiger partial charge in [0.25, 0.3) is 0 Å². The molecule has 10 N–H and O–H groups in total. The van der Waals surface area contributed by atoms with E-state index in [0.29, 0.717) is 0 Å². The van der Waals surface area contributed by atoms with E-state index >= 15 is 0 Å². The van der Waals surface area contributed by atoms with Crippen molar-refractivity contribution < 1.29 is 44.8 Å². The van der Waals surface area contributed by atoms with E-state index in [4.69, 9.17) is 30.8 Å². The molecule has 11 heteroatoms. The molecule has 0 aromatic rings. The molecule has 0 aliphatic carbocycles. The summed E-state index contributed by atoms with van der Waals surface area (Å²) >= 11 is 0. The summed E-state index contributed by atoms with van der Waals surface area (Å²) in [6.07, 6.45) is -10.5. The zero-order chi connectivity index (χ0) is 17.3. The average Bonchev–Trinajstić information content (AvgIpc) is 2.55. The SMILES string of the molecule is NC1[C@H](O[C@H]2C(CO)O[C@H](O)[C@H](N)C2O)OC(CO)C(O)[C@@H]1O. The van der Waals surface area contributed by atoms with E-state index in [-0.39, 0.29) is 0 Å². The van der Waals surface area contributed by atoms with Crippen LogP contribution in [-0.4, -0.2) is 105 Å². The molecule has 10 atom stereocenters. The number of aliphatic hydroxyl groups excluding tert-OH is 6. The van der Waals surface area contributed by atoms with Gasteiger partial charge in [0, 0.05) is 0 Å². The first-order valence-corrected chi connectivity index (χ1v) is 7.23. The molecule has 136 valence electrons. The molecule has 0 radical (unpaired) electrons. The standard InChI is InChI=1S/C12H24N2O9/c13-5-9(19)10(4(2-16)21-11(5)20)23-12-6(14)8(18)7(17)3(1-15)22-12/h3-12,15-20H,1-2,13-14H2/t3?,4?,5-,6?,7?,8-,9?,10+,11+,12+/m1/s1. The normalized spacial score (nSPS) is 51.7. The Morgan fingerprint density at radius 3 is 1.96 bits per heavy atom. The van der Waals surface area contributed by atoms with Crippen LogP contribution in [0.25, 0.3) is 0 Å². The summed E-state index contributed by atoms with van der Waals surface area (Å²) in [5, 5.41) is 57.7. The molecule has 2 aliphatic rings. The third kappa shape index (κ3) is 3.65. The lowest BCUT2D eigenvalue weighted by Crippen LogP contribution is -2.67. The maximum absolute atomic E-state index is 10.1. The number of aliphatic hydroxyl groups is 6. The van der Waals surface area contributed by atoms with E-state index < -0.39 is 74.5 Å². The lowest BCUT2D eigenvalue weighted by atomic mass is 9.95. The summed E-state index contributed by atoms with van der Waals surface area (Å²) in [6.45, 7) is -1.17. The molecule has 11 nitrogen and oxygen atoms in total. The van der Waals surface area contributed by atoms with Gasteiger partial charge in [-0.3, -0.25) is 0 Å². The number of rotatable bonds is 4. The lowest BCUT2D eigenvalue weighted by molar-refractivity contribution is -0.324. The van der Waals surface area contributed by atoms with Gasteiger partial charge in [-0.25, -0.2) is 0 Å². The molecule has 2 fully saturated rings. The van der Waals surface area contributed by atoms with Gasteiger partial charge in [-0.15, -0.1) is 0 Å². The van der Waals surface area contributed by atoms with E-state index in [1.54, 1.807) is 0 Å². The van der Waals surface area contributed by atoms with Crippen LogP contribution in [0.4, 0.5) is 0 Å². The van der Waals surface area contributed by atoms with Crippen LogP contribution in [0.1, 0.15) is 0 Å². The molecule has 5 unspecified atom stereocenters. The van der Waals surface area contributed by atoms with E-state index in [9.17, 15) is 25.5 Å². The molecular formula is C12H24N2O9. The first-order valence-electron chi connectivity index (χ1n) is 7.23. The second kappa shape index (κ2) is 7.63. The Kier molecular flexibility index (Phi) is 6.27. The average molecular weight is 340 g/mol. The van der Waals surface area contributed by atoms with Crippen LogP contribution >= 0.6 is 0 Å². The van der Waals surface area contributed by atoms with Crippen molar-refractivity contribution in [2.45, 2.75) is 61.3 Å². The van der Waals surface area contributed by atoms with Crippen LogP contribution in [0, 0.1) is 0 Å². The van der Waals surface area contributed by atoms with E-state index in [1.165, 1.54) is 0 Å². The van der Waals surface area contributed by atoms with Gasteiger partial charge in [-0.2, -0.15) is 0 Å². The number of hydrogen-bond donors (Lipinski definition) is 8. The number of ether oxygens (including phenoxy) is 3. The quantitative estimate of drug-likeness (QED) is 0.242. The van der Waals surface area contributed by atoms with Crippen LogP contribution in [0.2, 0.25) is 0 Å². The zero-order valence-electron chi connectivity index (χ0n) is 12.3. The molecular weight excluding hydrogens is 316 g/mol. The molecule has 2 aliphatic heterocycles. The fourth-order valence-corrected chi connectivity index (χ4v) is 2.65. The minimum Gasteiger partial charge on any atom is -0.394 e. The fraction of sp³-hybridized carbons (Fsp3) is 1.00. The highest BCUT2D eigenvalue weighted by atomic mass is 16.7. The molecule has 0 spiro atoms. The predicted octanol–water partition coefficient (Wildman–Crippen LogP) is -5.46. The molecule has 2 saturated heterocycles. The first-order chi connectivity index (χ1) is 10.8. The lowest BCUT2D eigenvalue weighted by Gasteiger charge is -2.45.